The van der Waals surface area contributed by atoms with E-state index < -0.39 is 5.25 Å². The Morgan fingerprint density at radius 1 is 1.03 bits per heavy atom. The van der Waals surface area contributed by atoms with Crippen LogP contribution < -0.4 is 9.64 Å². The minimum atomic E-state index is -0.439. The second-order valence-electron chi connectivity index (χ2n) is 7.65. The van der Waals surface area contributed by atoms with Crippen LogP contribution in [0.3, 0.4) is 0 Å². The van der Waals surface area contributed by atoms with Gasteiger partial charge >= 0.3 is 0 Å². The lowest BCUT2D eigenvalue weighted by molar-refractivity contribution is -0.121. The van der Waals surface area contributed by atoms with Crippen LogP contribution in [0.5, 0.6) is 5.75 Å². The van der Waals surface area contributed by atoms with E-state index >= 15 is 0 Å². The molecule has 1 aliphatic heterocycles. The van der Waals surface area contributed by atoms with Crippen LogP contribution in [0.2, 0.25) is 0 Å². The molecule has 1 fully saturated rings. The van der Waals surface area contributed by atoms with Crippen molar-refractivity contribution in [2.24, 2.45) is 4.99 Å². The number of hydrogen-bond donors (Lipinski definition) is 1. The molecule has 164 valence electrons. The molecule has 3 aromatic carbocycles. The van der Waals surface area contributed by atoms with Crippen molar-refractivity contribution in [3.8, 4) is 5.75 Å². The number of carbonyl (C=O) groups excluding carboxylic acids is 2. The van der Waals surface area contributed by atoms with Gasteiger partial charge in [-0.15, -0.1) is 11.8 Å². The van der Waals surface area contributed by atoms with Crippen molar-refractivity contribution < 1.29 is 14.3 Å². The average Bonchev–Trinajstić information content (AvgIpc) is 3.42. The molecule has 7 heteroatoms. The molecule has 0 radical (unpaired) electrons. The van der Waals surface area contributed by atoms with Gasteiger partial charge in [0.05, 0.1) is 23.7 Å². The van der Waals surface area contributed by atoms with Gasteiger partial charge in [-0.2, -0.15) is 0 Å². The van der Waals surface area contributed by atoms with Crippen LogP contribution in [-0.2, 0) is 9.59 Å². The second kappa shape index (κ2) is 8.96. The van der Waals surface area contributed by atoms with Crippen LogP contribution in [0.15, 0.2) is 88.9 Å². The fourth-order valence-corrected chi connectivity index (χ4v) is 4.81. The maximum Gasteiger partial charge on any atom is 0.247 e. The van der Waals surface area contributed by atoms with Gasteiger partial charge in [0.15, 0.2) is 0 Å². The Hall–Kier alpha value is -3.84. The predicted octanol–water partition coefficient (Wildman–Crippen LogP) is 5.35. The monoisotopic (exact) mass is 455 g/mol. The van der Waals surface area contributed by atoms with Crippen molar-refractivity contribution in [2.45, 2.75) is 16.6 Å². The number of nitrogens with one attached hydrogen (secondary N) is 1. The average molecular weight is 456 g/mol. The molecule has 0 spiro atoms. The first-order chi connectivity index (χ1) is 16.1. The standard InChI is InChI=1S/C26H21N3O3S/c1-32-21-8-2-17(3-9-21)16-28-19-5-10-22(11-6-19)33-24-15-25(30)29(26(24)31)20-7-4-18-12-13-27-23(18)14-20/h2-14,16,24,27H,15H2,1H3. The Bertz CT molecular complexity index is 1340. The summed E-state index contributed by atoms with van der Waals surface area (Å²) in [6, 6.07) is 22.8. The van der Waals surface area contributed by atoms with Crippen molar-refractivity contribution in [1.82, 2.24) is 4.98 Å². The van der Waals surface area contributed by atoms with Crippen molar-refractivity contribution in [3.05, 3.63) is 84.6 Å². The number of imide groups is 1. The number of anilines is 1. The maximum atomic E-state index is 13.0. The molecular formula is C26H21N3O3S. The van der Waals surface area contributed by atoms with Gasteiger partial charge in [-0.1, -0.05) is 6.07 Å². The zero-order valence-electron chi connectivity index (χ0n) is 17.9. The van der Waals surface area contributed by atoms with Gasteiger partial charge in [0, 0.05) is 29.2 Å². The molecular weight excluding hydrogens is 434 g/mol. The molecule has 2 amide bonds. The van der Waals surface area contributed by atoms with Crippen molar-refractivity contribution >= 4 is 52.1 Å². The molecule has 1 saturated heterocycles. The van der Waals surface area contributed by atoms with Crippen LogP contribution in [0, 0.1) is 0 Å². The molecule has 0 bridgehead atoms. The molecule has 1 N–H and O–H groups in total. The smallest absolute Gasteiger partial charge is 0.247 e. The fraction of sp³-hybridized carbons (Fsp3) is 0.115. The fourth-order valence-electron chi connectivity index (χ4n) is 3.76. The number of fused-ring (bicyclic) bond motifs is 1. The number of nitrogens with zero attached hydrogens (tertiary/aromatic N) is 2. The van der Waals surface area contributed by atoms with Crippen LogP contribution in [0.1, 0.15) is 12.0 Å². The quantitative estimate of drug-likeness (QED) is 0.314. The number of H-pyrrole nitrogens is 1. The minimum Gasteiger partial charge on any atom is -0.497 e. The topological polar surface area (TPSA) is 74.8 Å². The highest BCUT2D eigenvalue weighted by atomic mass is 32.2. The summed E-state index contributed by atoms with van der Waals surface area (Å²) < 4.78 is 5.16. The summed E-state index contributed by atoms with van der Waals surface area (Å²) >= 11 is 1.41. The molecule has 4 aromatic rings. The molecule has 33 heavy (non-hydrogen) atoms. The van der Waals surface area contributed by atoms with E-state index in [4.69, 9.17) is 4.74 Å². The highest BCUT2D eigenvalue weighted by molar-refractivity contribution is 8.00. The Morgan fingerprint density at radius 3 is 2.58 bits per heavy atom. The molecule has 1 unspecified atom stereocenters. The first-order valence-electron chi connectivity index (χ1n) is 10.5. The number of ether oxygens (including phenoxy) is 1. The molecule has 1 atom stereocenters. The van der Waals surface area contributed by atoms with E-state index in [1.807, 2.05) is 79.0 Å². The van der Waals surface area contributed by atoms with E-state index in [1.54, 1.807) is 13.3 Å². The van der Waals surface area contributed by atoms with Crippen molar-refractivity contribution in [1.29, 1.82) is 0 Å². The van der Waals surface area contributed by atoms with Gasteiger partial charge in [-0.25, -0.2) is 4.90 Å². The Morgan fingerprint density at radius 2 is 1.82 bits per heavy atom. The van der Waals surface area contributed by atoms with E-state index in [9.17, 15) is 9.59 Å². The van der Waals surface area contributed by atoms with Gasteiger partial charge < -0.3 is 9.72 Å². The summed E-state index contributed by atoms with van der Waals surface area (Å²) in [7, 11) is 1.64. The Kier molecular flexibility index (Phi) is 5.71. The first kappa shape index (κ1) is 21.0. The number of benzene rings is 3. The molecule has 0 saturated carbocycles. The lowest BCUT2D eigenvalue weighted by Gasteiger charge is -2.15. The number of methoxy groups -OCH3 is 1. The normalized spacial score (nSPS) is 16.3. The van der Waals surface area contributed by atoms with Crippen LogP contribution in [0.25, 0.3) is 10.9 Å². The lowest BCUT2D eigenvalue weighted by Crippen LogP contribution is -2.31. The zero-order valence-corrected chi connectivity index (χ0v) is 18.7. The maximum absolute atomic E-state index is 13.0. The van der Waals surface area contributed by atoms with Crippen molar-refractivity contribution in [3.63, 3.8) is 0 Å². The number of carbonyl (C=O) groups is 2. The number of aliphatic imine (C=N–C) groups is 1. The summed E-state index contributed by atoms with van der Waals surface area (Å²) in [5.74, 6) is 0.443. The molecule has 1 aliphatic rings. The summed E-state index contributed by atoms with van der Waals surface area (Å²) in [5, 5.41) is 0.601. The van der Waals surface area contributed by atoms with Gasteiger partial charge in [-0.3, -0.25) is 14.6 Å². The summed E-state index contributed by atoms with van der Waals surface area (Å²) in [6.07, 6.45) is 3.81. The lowest BCUT2D eigenvalue weighted by atomic mass is 10.2. The SMILES string of the molecule is COc1ccc(C=Nc2ccc(SC3CC(=O)N(c4ccc5cc[nH]c5c4)C3=O)cc2)cc1. The Labute approximate surface area is 195 Å². The number of rotatable bonds is 6. The van der Waals surface area contributed by atoms with Crippen LogP contribution in [0.4, 0.5) is 11.4 Å². The first-order valence-corrected chi connectivity index (χ1v) is 11.4. The second-order valence-corrected chi connectivity index (χ2v) is 8.93. The van der Waals surface area contributed by atoms with E-state index in [2.05, 4.69) is 9.98 Å². The van der Waals surface area contributed by atoms with Gasteiger partial charge in [-0.05, 0) is 77.7 Å². The third-order valence-corrected chi connectivity index (χ3v) is 6.69. The van der Waals surface area contributed by atoms with Crippen LogP contribution >= 0.6 is 11.8 Å². The van der Waals surface area contributed by atoms with Crippen molar-refractivity contribution in [2.75, 3.05) is 12.0 Å². The third-order valence-electron chi connectivity index (χ3n) is 5.50. The molecule has 6 nitrogen and oxygen atoms in total. The van der Waals surface area contributed by atoms with Gasteiger partial charge in [0.1, 0.15) is 5.75 Å². The molecule has 5 rings (SSSR count). The largest absolute Gasteiger partial charge is 0.497 e. The van der Waals surface area contributed by atoms with E-state index in [-0.39, 0.29) is 18.2 Å². The van der Waals surface area contributed by atoms with E-state index in [1.165, 1.54) is 16.7 Å². The van der Waals surface area contributed by atoms with Gasteiger partial charge in [0.2, 0.25) is 11.8 Å². The summed E-state index contributed by atoms with van der Waals surface area (Å²) in [6.45, 7) is 0. The van der Waals surface area contributed by atoms with E-state index in [0.717, 1.165) is 32.8 Å². The van der Waals surface area contributed by atoms with Crippen LogP contribution in [-0.4, -0.2) is 35.4 Å². The third kappa shape index (κ3) is 4.40. The number of thioether (sulfide) groups is 1. The zero-order chi connectivity index (χ0) is 22.8. The highest BCUT2D eigenvalue weighted by Gasteiger charge is 2.40. The number of aromatic nitrogens is 1. The molecule has 2 heterocycles. The summed E-state index contributed by atoms with van der Waals surface area (Å²) in [5.41, 5.74) is 3.29. The minimum absolute atomic E-state index is 0.177. The highest BCUT2D eigenvalue weighted by Crippen LogP contribution is 2.35. The molecule has 0 aliphatic carbocycles. The number of aromatic amines is 1. The predicted molar refractivity (Wildman–Crippen MR) is 132 cm³/mol. The number of hydrogen-bond acceptors (Lipinski definition) is 5. The Balaban J connectivity index is 1.25. The summed E-state index contributed by atoms with van der Waals surface area (Å²) in [4.78, 5) is 35.5. The van der Waals surface area contributed by atoms with Gasteiger partial charge in [0.25, 0.3) is 0 Å². The number of amides is 2. The molecule has 1 aromatic heterocycles. The van der Waals surface area contributed by atoms with E-state index in [0.29, 0.717) is 5.69 Å².